The van der Waals surface area contributed by atoms with Gasteiger partial charge in [-0.05, 0) is 60.7 Å². The van der Waals surface area contributed by atoms with Crippen LogP contribution in [0.2, 0.25) is 0 Å². The van der Waals surface area contributed by atoms with E-state index < -0.39 is 47.0 Å². The summed E-state index contributed by atoms with van der Waals surface area (Å²) in [6, 6.07) is 12.3. The van der Waals surface area contributed by atoms with Gasteiger partial charge in [-0.3, -0.25) is 19.7 Å². The number of carbonyl (C=O) groups is 3. The van der Waals surface area contributed by atoms with Crippen molar-refractivity contribution in [1.29, 1.82) is 0 Å². The summed E-state index contributed by atoms with van der Waals surface area (Å²) >= 11 is 1.55. The maximum absolute atomic E-state index is 13.7. The zero-order chi connectivity index (χ0) is 23.0. The summed E-state index contributed by atoms with van der Waals surface area (Å²) in [6.45, 7) is 1.94. The molecule has 0 radical (unpaired) electrons. The third-order valence-corrected chi connectivity index (χ3v) is 7.13. The van der Waals surface area contributed by atoms with E-state index in [1.807, 2.05) is 37.4 Å². The summed E-state index contributed by atoms with van der Waals surface area (Å²) in [5.41, 5.74) is 0.772. The van der Waals surface area contributed by atoms with Crippen LogP contribution >= 0.6 is 11.8 Å². The van der Waals surface area contributed by atoms with Crippen molar-refractivity contribution in [2.24, 2.45) is 11.8 Å². The molecule has 8 heteroatoms. The number of amides is 2. The van der Waals surface area contributed by atoms with Crippen LogP contribution < -0.4 is 10.2 Å². The van der Waals surface area contributed by atoms with Gasteiger partial charge in [-0.15, -0.1) is 0 Å². The number of carbonyl (C=O) groups excluding carboxylic acids is 3. The molecule has 2 amide bonds. The molecule has 0 aliphatic carbocycles. The van der Waals surface area contributed by atoms with Gasteiger partial charge in [0.15, 0.2) is 0 Å². The van der Waals surface area contributed by atoms with Crippen molar-refractivity contribution in [3.8, 4) is 0 Å². The minimum atomic E-state index is -1.34. The van der Waals surface area contributed by atoms with Crippen LogP contribution in [0.3, 0.4) is 0 Å². The van der Waals surface area contributed by atoms with Crippen molar-refractivity contribution >= 4 is 35.2 Å². The Morgan fingerprint density at radius 2 is 1.84 bits per heavy atom. The highest BCUT2D eigenvalue weighted by Crippen LogP contribution is 2.51. The second-order valence-corrected chi connectivity index (χ2v) is 9.16. The Bertz CT molecular complexity index is 1060. The number of hydrogen-bond donors (Lipinski definition) is 1. The van der Waals surface area contributed by atoms with Crippen molar-refractivity contribution in [3.05, 3.63) is 65.5 Å². The van der Waals surface area contributed by atoms with Crippen LogP contribution in [0.1, 0.15) is 23.6 Å². The first kappa shape index (κ1) is 22.5. The maximum atomic E-state index is 13.7. The third-order valence-electron chi connectivity index (χ3n) is 6.51. The van der Waals surface area contributed by atoms with Gasteiger partial charge in [-0.1, -0.05) is 24.3 Å². The number of rotatable bonds is 6. The summed E-state index contributed by atoms with van der Waals surface area (Å²) < 4.78 is 18.6. The van der Waals surface area contributed by atoms with E-state index in [4.69, 9.17) is 4.74 Å². The molecule has 0 spiro atoms. The lowest BCUT2D eigenvalue weighted by atomic mass is 9.77. The van der Waals surface area contributed by atoms with E-state index >= 15 is 0 Å². The number of nitrogens with one attached hydrogen (secondary N) is 1. The molecule has 168 valence electrons. The molecule has 6 nitrogen and oxygen atoms in total. The first-order valence-corrected chi connectivity index (χ1v) is 11.8. The van der Waals surface area contributed by atoms with Gasteiger partial charge in [0.25, 0.3) is 0 Å². The Balaban J connectivity index is 1.87. The summed E-state index contributed by atoms with van der Waals surface area (Å²) in [4.78, 5) is 41.6. The monoisotopic (exact) mass is 456 g/mol. The molecule has 0 saturated carbocycles. The predicted molar refractivity (Wildman–Crippen MR) is 121 cm³/mol. The average molecular weight is 457 g/mol. The molecule has 2 aromatic carbocycles. The van der Waals surface area contributed by atoms with Gasteiger partial charge >= 0.3 is 5.97 Å². The number of methoxy groups -OCH3 is 1. The number of ether oxygens (including phenoxy) is 1. The lowest BCUT2D eigenvalue weighted by Gasteiger charge is -2.32. The number of halogens is 1. The van der Waals surface area contributed by atoms with Gasteiger partial charge in [0.05, 0.1) is 24.6 Å². The SMILES string of the molecule is COC(=O)[C@]1(CCSC)N[C@H](c2ccccc2C)[C@H]2C(=O)N(c3ccc(F)cc3)C(=O)[C@@H]21. The third kappa shape index (κ3) is 3.42. The second-order valence-electron chi connectivity index (χ2n) is 8.18. The zero-order valence-corrected chi connectivity index (χ0v) is 18.9. The largest absolute Gasteiger partial charge is 0.468 e. The Hall–Kier alpha value is -2.71. The van der Waals surface area contributed by atoms with Gasteiger partial charge in [-0.25, -0.2) is 9.29 Å². The molecule has 0 aromatic heterocycles. The number of esters is 1. The summed E-state index contributed by atoms with van der Waals surface area (Å²) in [7, 11) is 1.29. The number of benzene rings is 2. The Labute approximate surface area is 190 Å². The number of imide groups is 1. The highest BCUT2D eigenvalue weighted by molar-refractivity contribution is 7.98. The highest BCUT2D eigenvalue weighted by atomic mass is 32.2. The van der Waals surface area contributed by atoms with Crippen LogP contribution in [0.4, 0.5) is 10.1 Å². The summed E-state index contributed by atoms with van der Waals surface area (Å²) in [6.07, 6.45) is 2.25. The Kier molecular flexibility index (Phi) is 6.09. The van der Waals surface area contributed by atoms with Gasteiger partial charge in [0.1, 0.15) is 11.4 Å². The van der Waals surface area contributed by atoms with Crippen LogP contribution in [-0.4, -0.2) is 42.4 Å². The molecule has 4 rings (SSSR count). The topological polar surface area (TPSA) is 75.7 Å². The zero-order valence-electron chi connectivity index (χ0n) is 18.1. The van der Waals surface area contributed by atoms with Crippen LogP contribution in [0.5, 0.6) is 0 Å². The van der Waals surface area contributed by atoms with E-state index in [2.05, 4.69) is 5.32 Å². The summed E-state index contributed by atoms with van der Waals surface area (Å²) in [5.74, 6) is -3.00. The fraction of sp³-hybridized carbons (Fsp3) is 0.375. The standard InChI is InChI=1S/C24H25FN2O4S/c1-14-6-4-5-7-17(14)20-18-19(24(26-20,12-13-32-3)23(30)31-2)22(29)27(21(18)28)16-10-8-15(25)9-11-16/h4-11,18-20,26H,12-13H2,1-3H3/t18-,19+,20+,24+/m0/s1. The van der Waals surface area contributed by atoms with Crippen LogP contribution in [0, 0.1) is 24.6 Å². The normalized spacial score (nSPS) is 27.0. The van der Waals surface area contributed by atoms with E-state index in [9.17, 15) is 18.8 Å². The molecule has 2 aliphatic heterocycles. The molecule has 1 N–H and O–H groups in total. The molecule has 2 heterocycles. The molecule has 32 heavy (non-hydrogen) atoms. The quantitative estimate of drug-likeness (QED) is 0.531. The molecule has 2 fully saturated rings. The van der Waals surface area contributed by atoms with Crippen molar-refractivity contribution in [3.63, 3.8) is 0 Å². The fourth-order valence-electron chi connectivity index (χ4n) is 5.01. The van der Waals surface area contributed by atoms with E-state index in [-0.39, 0.29) is 0 Å². The van der Waals surface area contributed by atoms with Crippen molar-refractivity contribution in [2.75, 3.05) is 24.0 Å². The predicted octanol–water partition coefficient (Wildman–Crippen LogP) is 3.25. The lowest BCUT2D eigenvalue weighted by Crippen LogP contribution is -2.56. The summed E-state index contributed by atoms with van der Waals surface area (Å²) in [5, 5.41) is 3.37. The molecule has 2 aromatic rings. The molecule has 0 bridgehead atoms. The molecular weight excluding hydrogens is 431 g/mol. The first-order valence-electron chi connectivity index (χ1n) is 10.4. The number of anilines is 1. The van der Waals surface area contributed by atoms with E-state index in [0.717, 1.165) is 16.0 Å². The van der Waals surface area contributed by atoms with E-state index in [1.54, 1.807) is 11.8 Å². The number of fused-ring (bicyclic) bond motifs is 1. The molecule has 2 saturated heterocycles. The lowest BCUT2D eigenvalue weighted by molar-refractivity contribution is -0.152. The maximum Gasteiger partial charge on any atom is 0.326 e. The van der Waals surface area contributed by atoms with Crippen molar-refractivity contribution in [1.82, 2.24) is 5.32 Å². The average Bonchev–Trinajstić information content (AvgIpc) is 3.27. The Morgan fingerprint density at radius 1 is 1.16 bits per heavy atom. The molecule has 0 unspecified atom stereocenters. The highest BCUT2D eigenvalue weighted by Gasteiger charge is 2.68. The van der Waals surface area contributed by atoms with Crippen molar-refractivity contribution < 1.29 is 23.5 Å². The molecule has 2 aliphatic rings. The number of nitrogens with zero attached hydrogens (tertiary/aromatic N) is 1. The van der Waals surface area contributed by atoms with Gasteiger partial charge in [-0.2, -0.15) is 11.8 Å². The van der Waals surface area contributed by atoms with E-state index in [0.29, 0.717) is 17.9 Å². The minimum absolute atomic E-state index is 0.294. The van der Waals surface area contributed by atoms with Gasteiger partial charge in [0, 0.05) is 6.04 Å². The van der Waals surface area contributed by atoms with Gasteiger partial charge in [0.2, 0.25) is 11.8 Å². The Morgan fingerprint density at radius 3 is 2.47 bits per heavy atom. The van der Waals surface area contributed by atoms with Crippen LogP contribution in [0.25, 0.3) is 0 Å². The fourth-order valence-corrected chi connectivity index (χ4v) is 5.54. The molecular formula is C24H25FN2O4S. The van der Waals surface area contributed by atoms with Crippen molar-refractivity contribution in [2.45, 2.75) is 24.9 Å². The van der Waals surface area contributed by atoms with E-state index in [1.165, 1.54) is 31.4 Å². The number of thioether (sulfide) groups is 1. The second kappa shape index (κ2) is 8.67. The van der Waals surface area contributed by atoms with Crippen LogP contribution in [0.15, 0.2) is 48.5 Å². The smallest absolute Gasteiger partial charge is 0.326 e. The van der Waals surface area contributed by atoms with Crippen LogP contribution in [-0.2, 0) is 19.1 Å². The molecule has 4 atom stereocenters. The first-order chi connectivity index (χ1) is 15.4. The minimum Gasteiger partial charge on any atom is -0.468 e. The number of aryl methyl sites for hydroxylation is 1. The number of hydrogen-bond acceptors (Lipinski definition) is 6. The van der Waals surface area contributed by atoms with Gasteiger partial charge < -0.3 is 4.74 Å².